The van der Waals surface area contributed by atoms with Crippen LogP contribution < -0.4 is 9.80 Å². The maximum Gasteiger partial charge on any atom is 0.236 e. The summed E-state index contributed by atoms with van der Waals surface area (Å²) in [6, 6.07) is 26.8. The van der Waals surface area contributed by atoms with Gasteiger partial charge in [-0.15, -0.1) is 0 Å². The Kier molecular flexibility index (Phi) is 5.59. The highest BCUT2D eigenvalue weighted by atomic mass is 32.1. The van der Waals surface area contributed by atoms with Crippen molar-refractivity contribution in [2.75, 3.05) is 22.9 Å². The lowest BCUT2D eigenvalue weighted by molar-refractivity contribution is -0.177. The Hall–Kier alpha value is -5.13. The van der Waals surface area contributed by atoms with Crippen molar-refractivity contribution in [3.05, 3.63) is 138 Å². The zero-order valence-corrected chi connectivity index (χ0v) is 24.3. The Bertz CT molecular complexity index is 1990. The predicted molar refractivity (Wildman–Crippen MR) is 165 cm³/mol. The van der Waals surface area contributed by atoms with E-state index in [1.54, 1.807) is 18.7 Å². The zero-order valence-electron chi connectivity index (χ0n) is 23.5. The van der Waals surface area contributed by atoms with E-state index in [2.05, 4.69) is 73.5 Å². The van der Waals surface area contributed by atoms with Crippen molar-refractivity contribution in [1.82, 2.24) is 24.5 Å². The summed E-state index contributed by atoms with van der Waals surface area (Å²) >= 11 is 1.40. The lowest BCUT2D eigenvalue weighted by atomic mass is 9.74. The summed E-state index contributed by atoms with van der Waals surface area (Å²) in [5, 5.41) is 7.61. The van der Waals surface area contributed by atoms with Gasteiger partial charge in [0.25, 0.3) is 0 Å². The van der Waals surface area contributed by atoms with Crippen LogP contribution in [0.15, 0.2) is 118 Å². The van der Waals surface area contributed by atoms with Gasteiger partial charge in [-0.25, -0.2) is 4.98 Å². The van der Waals surface area contributed by atoms with Gasteiger partial charge in [-0.05, 0) is 65.3 Å². The molecule has 3 unspecified atom stereocenters. The van der Waals surface area contributed by atoms with Crippen molar-refractivity contribution in [1.29, 1.82) is 0 Å². The van der Waals surface area contributed by atoms with Crippen LogP contribution in [0.4, 0.5) is 11.5 Å². The number of morpholine rings is 1. The maximum atomic E-state index is 7.61. The third-order valence-electron chi connectivity index (χ3n) is 8.93. The van der Waals surface area contributed by atoms with Crippen molar-refractivity contribution in [2.24, 2.45) is 0 Å². The molecule has 11 heteroatoms. The molecule has 0 radical (unpaired) electrons. The highest BCUT2D eigenvalue weighted by Crippen LogP contribution is 2.60. The molecule has 2 aromatic carbocycles. The van der Waals surface area contributed by atoms with E-state index in [4.69, 9.17) is 23.0 Å². The molecule has 10 nitrogen and oxygen atoms in total. The number of benzene rings is 2. The molecule has 0 spiro atoms. The van der Waals surface area contributed by atoms with Gasteiger partial charge in [-0.1, -0.05) is 41.6 Å². The number of imidazole rings is 1. The molecule has 2 N–H and O–H groups in total. The van der Waals surface area contributed by atoms with Crippen molar-refractivity contribution < 1.29 is 13.7 Å². The number of rotatable bonds is 6. The van der Waals surface area contributed by atoms with Gasteiger partial charge in [0, 0.05) is 41.6 Å². The van der Waals surface area contributed by atoms with Crippen molar-refractivity contribution in [3.8, 4) is 0 Å². The van der Waals surface area contributed by atoms with Crippen LogP contribution in [-0.2, 0) is 22.4 Å². The van der Waals surface area contributed by atoms with Crippen LogP contribution in [0.3, 0.4) is 0 Å². The van der Waals surface area contributed by atoms with Gasteiger partial charge >= 0.3 is 0 Å². The van der Waals surface area contributed by atoms with Gasteiger partial charge in [0.15, 0.2) is 17.2 Å². The average Bonchev–Trinajstić information content (AvgIpc) is 3.92. The summed E-state index contributed by atoms with van der Waals surface area (Å²) in [6.45, 7) is 1.08. The number of ether oxygens (including phenoxy) is 1. The number of H-pyrrole nitrogens is 2. The molecular weight excluding hydrogens is 574 g/mol. The summed E-state index contributed by atoms with van der Waals surface area (Å²) in [6.07, 6.45) is 7.24. The first-order valence-corrected chi connectivity index (χ1v) is 15.4. The second-order valence-corrected chi connectivity index (χ2v) is 11.7. The molecule has 3 atom stereocenters. The smallest absolute Gasteiger partial charge is 0.236 e. The summed E-state index contributed by atoms with van der Waals surface area (Å²) in [7, 11) is 0. The monoisotopic (exact) mass is 601 g/mol. The molecule has 0 amide bonds. The highest BCUT2D eigenvalue weighted by Gasteiger charge is 2.71. The van der Waals surface area contributed by atoms with Crippen LogP contribution in [0.5, 0.6) is 0 Å². The number of aromatic amines is 2. The van der Waals surface area contributed by atoms with Gasteiger partial charge in [0.1, 0.15) is 18.1 Å². The first-order valence-electron chi connectivity index (χ1n) is 14.5. The van der Waals surface area contributed by atoms with Gasteiger partial charge in [-0.2, -0.15) is 4.37 Å². The van der Waals surface area contributed by atoms with Crippen LogP contribution in [0.25, 0.3) is 10.9 Å². The Labute approximate surface area is 256 Å². The summed E-state index contributed by atoms with van der Waals surface area (Å²) in [5.74, 6) is 1.97. The quantitative estimate of drug-likeness (QED) is 0.226. The molecule has 0 saturated carbocycles. The van der Waals surface area contributed by atoms with E-state index in [1.807, 2.05) is 41.9 Å². The number of anilines is 2. The molecule has 218 valence electrons. The minimum absolute atomic E-state index is 0.394. The molecule has 7 heterocycles. The number of hydrogen-bond acceptors (Lipinski definition) is 9. The zero-order chi connectivity index (χ0) is 29.1. The van der Waals surface area contributed by atoms with E-state index in [1.165, 1.54) is 17.1 Å². The lowest BCUT2D eigenvalue weighted by Crippen LogP contribution is -2.73. The fraction of sp³-hybridized carbons (Fsp3) is 0.182. The average molecular weight is 602 g/mol. The number of furan rings is 1. The molecular formula is C33H27N7O3S. The summed E-state index contributed by atoms with van der Waals surface area (Å²) < 4.78 is 24.2. The molecule has 0 aliphatic carbocycles. The molecule has 7 aromatic rings. The largest absolute Gasteiger partial charge is 0.467 e. The van der Waals surface area contributed by atoms with Crippen LogP contribution >= 0.6 is 11.5 Å². The van der Waals surface area contributed by atoms with E-state index < -0.39 is 17.4 Å². The molecule has 5 aromatic heterocycles. The van der Waals surface area contributed by atoms with Crippen LogP contribution in [0.1, 0.15) is 34.6 Å². The SMILES string of the molecule is c1coc(C2CN(c3ccon3)C(c3ccsn3)(c3cc4ccccc4[nH]3)C(c3ncc[nH]3)(N3CCc4ccccc43)O2)c1. The highest BCUT2D eigenvalue weighted by molar-refractivity contribution is 7.03. The number of fused-ring (bicyclic) bond motifs is 2. The molecule has 1 saturated heterocycles. The second kappa shape index (κ2) is 9.69. The van der Waals surface area contributed by atoms with E-state index in [0.717, 1.165) is 34.4 Å². The molecule has 44 heavy (non-hydrogen) atoms. The van der Waals surface area contributed by atoms with E-state index >= 15 is 0 Å². The number of nitrogens with zero attached hydrogens (tertiary/aromatic N) is 5. The Morgan fingerprint density at radius 1 is 0.955 bits per heavy atom. The van der Waals surface area contributed by atoms with Gasteiger partial charge < -0.3 is 33.4 Å². The number of para-hydroxylation sites is 2. The normalized spacial score (nSPS) is 23.4. The molecule has 2 aliphatic rings. The van der Waals surface area contributed by atoms with E-state index in [9.17, 15) is 0 Å². The molecule has 2 aliphatic heterocycles. The standard InChI is InChI=1S/C33H27N7O3S/c1-3-8-24-23(7-1)20-29(36-24)32(28-13-19-44-38-28)33(31-34-14-15-35-31,39-16-11-22-6-2-4-9-25(22)39)43-27(26-10-5-17-41-26)21-40(32)30-12-18-42-37-30/h1-10,12-15,17-20,27,36H,11,16,21H2,(H,34,35). The third kappa shape index (κ3) is 3.41. The third-order valence-corrected chi connectivity index (χ3v) is 9.49. The summed E-state index contributed by atoms with van der Waals surface area (Å²) in [5.41, 5.74) is 2.51. The number of aromatic nitrogens is 5. The molecule has 0 bridgehead atoms. The lowest BCUT2D eigenvalue weighted by Gasteiger charge is -2.61. The Morgan fingerprint density at radius 2 is 1.89 bits per heavy atom. The topological polar surface area (TPSA) is 112 Å². The van der Waals surface area contributed by atoms with Crippen molar-refractivity contribution in [2.45, 2.75) is 23.8 Å². The maximum absolute atomic E-state index is 7.61. The van der Waals surface area contributed by atoms with E-state index in [0.29, 0.717) is 30.5 Å². The van der Waals surface area contributed by atoms with Crippen LogP contribution in [0.2, 0.25) is 0 Å². The fourth-order valence-corrected chi connectivity index (χ4v) is 7.78. The number of nitrogens with one attached hydrogen (secondary N) is 2. The van der Waals surface area contributed by atoms with Gasteiger partial charge in [0.2, 0.25) is 5.72 Å². The van der Waals surface area contributed by atoms with Gasteiger partial charge in [0.05, 0.1) is 24.2 Å². The summed E-state index contributed by atoms with van der Waals surface area (Å²) in [4.78, 5) is 16.9. The molecule has 9 rings (SSSR count). The fourth-order valence-electron chi connectivity index (χ4n) is 7.22. The van der Waals surface area contributed by atoms with Crippen LogP contribution in [-0.4, -0.2) is 37.6 Å². The van der Waals surface area contributed by atoms with Gasteiger partial charge in [-0.3, -0.25) is 0 Å². The van der Waals surface area contributed by atoms with Crippen LogP contribution in [0, 0.1) is 0 Å². The number of hydrogen-bond donors (Lipinski definition) is 2. The molecule has 1 fully saturated rings. The first kappa shape index (κ1) is 25.4. The van der Waals surface area contributed by atoms with E-state index in [-0.39, 0.29) is 0 Å². The Morgan fingerprint density at radius 3 is 2.68 bits per heavy atom. The predicted octanol–water partition coefficient (Wildman–Crippen LogP) is 6.37. The second-order valence-electron chi connectivity index (χ2n) is 11.1. The van der Waals surface area contributed by atoms with Crippen molar-refractivity contribution >= 4 is 33.9 Å². The van der Waals surface area contributed by atoms with Crippen molar-refractivity contribution in [3.63, 3.8) is 0 Å². The first-order chi connectivity index (χ1) is 21.8. The Balaban J connectivity index is 1.45. The minimum atomic E-state index is -1.31. The minimum Gasteiger partial charge on any atom is -0.467 e.